The maximum Gasteiger partial charge on any atom is 0.303 e. The highest BCUT2D eigenvalue weighted by Gasteiger charge is 2.11. The van der Waals surface area contributed by atoms with Gasteiger partial charge in [0.2, 0.25) is 5.91 Å². The van der Waals surface area contributed by atoms with Crippen molar-refractivity contribution in [2.45, 2.75) is 25.7 Å². The maximum absolute atomic E-state index is 11.8. The van der Waals surface area contributed by atoms with Gasteiger partial charge in [0, 0.05) is 26.9 Å². The minimum atomic E-state index is -0.838. The predicted molar refractivity (Wildman–Crippen MR) is 80.5 cm³/mol. The summed E-state index contributed by atoms with van der Waals surface area (Å²) in [7, 11) is 3.70. The summed E-state index contributed by atoms with van der Waals surface area (Å²) in [6.45, 7) is 0. The third-order valence-corrected chi connectivity index (χ3v) is 3.06. The SMILES string of the molecule is CN(C)c1c(Cl)cccc1NC(=O)CCCCC(=O)O. The van der Waals surface area contributed by atoms with Crippen LogP contribution >= 0.6 is 11.6 Å². The van der Waals surface area contributed by atoms with Gasteiger partial charge in [0.15, 0.2) is 0 Å². The van der Waals surface area contributed by atoms with Crippen molar-refractivity contribution >= 4 is 34.9 Å². The Morgan fingerprint density at radius 1 is 1.25 bits per heavy atom. The quantitative estimate of drug-likeness (QED) is 0.759. The lowest BCUT2D eigenvalue weighted by atomic mass is 10.2. The number of benzene rings is 1. The van der Waals surface area contributed by atoms with E-state index in [-0.39, 0.29) is 12.3 Å². The largest absolute Gasteiger partial charge is 0.481 e. The molecule has 1 rings (SSSR count). The van der Waals surface area contributed by atoms with Crippen LogP contribution in [0.25, 0.3) is 0 Å². The van der Waals surface area contributed by atoms with Gasteiger partial charge in [-0.1, -0.05) is 17.7 Å². The Balaban J connectivity index is 2.58. The first-order chi connectivity index (χ1) is 9.41. The van der Waals surface area contributed by atoms with E-state index in [1.54, 1.807) is 18.2 Å². The molecule has 0 spiro atoms. The lowest BCUT2D eigenvalue weighted by Crippen LogP contribution is -2.16. The molecular weight excluding hydrogens is 280 g/mol. The van der Waals surface area contributed by atoms with E-state index >= 15 is 0 Å². The molecule has 0 heterocycles. The molecule has 0 radical (unpaired) electrons. The number of halogens is 1. The van der Waals surface area contributed by atoms with E-state index in [0.717, 1.165) is 5.69 Å². The monoisotopic (exact) mass is 298 g/mol. The van der Waals surface area contributed by atoms with Crippen molar-refractivity contribution in [3.8, 4) is 0 Å². The average Bonchev–Trinajstić information content (AvgIpc) is 2.34. The van der Waals surface area contributed by atoms with Crippen molar-refractivity contribution in [2.24, 2.45) is 0 Å². The van der Waals surface area contributed by atoms with Crippen LogP contribution < -0.4 is 10.2 Å². The molecule has 0 saturated carbocycles. The zero-order valence-electron chi connectivity index (χ0n) is 11.6. The highest BCUT2D eigenvalue weighted by Crippen LogP contribution is 2.32. The standard InChI is InChI=1S/C14H19ClN2O3/c1-17(2)14-10(15)6-5-7-11(14)16-12(18)8-3-4-9-13(19)20/h5-7H,3-4,8-9H2,1-2H3,(H,16,18)(H,19,20). The molecule has 1 aromatic carbocycles. The lowest BCUT2D eigenvalue weighted by Gasteiger charge is -2.19. The van der Waals surface area contributed by atoms with Crippen LogP contribution in [-0.4, -0.2) is 31.1 Å². The number of carboxylic acids is 1. The van der Waals surface area contributed by atoms with Gasteiger partial charge in [0.25, 0.3) is 0 Å². The summed E-state index contributed by atoms with van der Waals surface area (Å²) in [5.74, 6) is -0.976. The molecule has 0 bridgehead atoms. The summed E-state index contributed by atoms with van der Waals surface area (Å²) in [5.41, 5.74) is 1.42. The number of unbranched alkanes of at least 4 members (excludes halogenated alkanes) is 1. The van der Waals surface area contributed by atoms with Gasteiger partial charge >= 0.3 is 5.97 Å². The number of hydrogen-bond donors (Lipinski definition) is 2. The number of para-hydroxylation sites is 1. The van der Waals surface area contributed by atoms with Crippen LogP contribution in [0.15, 0.2) is 18.2 Å². The van der Waals surface area contributed by atoms with Crippen LogP contribution in [0, 0.1) is 0 Å². The van der Waals surface area contributed by atoms with Crippen LogP contribution in [-0.2, 0) is 9.59 Å². The molecular formula is C14H19ClN2O3. The number of hydrogen-bond acceptors (Lipinski definition) is 3. The molecule has 0 unspecified atom stereocenters. The van der Waals surface area contributed by atoms with Gasteiger partial charge in [-0.25, -0.2) is 0 Å². The fourth-order valence-electron chi connectivity index (χ4n) is 1.85. The number of carboxylic acid groups (broad SMARTS) is 1. The normalized spacial score (nSPS) is 10.2. The second kappa shape index (κ2) is 7.75. The van der Waals surface area contributed by atoms with E-state index < -0.39 is 5.97 Å². The van der Waals surface area contributed by atoms with Crippen LogP contribution in [0.1, 0.15) is 25.7 Å². The first-order valence-electron chi connectivity index (χ1n) is 6.39. The summed E-state index contributed by atoms with van der Waals surface area (Å²) >= 11 is 6.11. The highest BCUT2D eigenvalue weighted by molar-refractivity contribution is 6.34. The third kappa shape index (κ3) is 5.09. The molecule has 2 N–H and O–H groups in total. The van der Waals surface area contributed by atoms with E-state index in [1.165, 1.54) is 0 Å². The molecule has 0 aromatic heterocycles. The first-order valence-corrected chi connectivity index (χ1v) is 6.77. The molecule has 0 aliphatic heterocycles. The van der Waals surface area contributed by atoms with Gasteiger partial charge in [0.1, 0.15) is 0 Å². The molecule has 0 fully saturated rings. The Labute approximate surface area is 123 Å². The third-order valence-electron chi connectivity index (χ3n) is 2.75. The Morgan fingerprint density at radius 2 is 1.90 bits per heavy atom. The van der Waals surface area contributed by atoms with E-state index in [4.69, 9.17) is 16.7 Å². The fourth-order valence-corrected chi connectivity index (χ4v) is 2.19. The molecule has 5 nitrogen and oxygen atoms in total. The number of anilines is 2. The summed E-state index contributed by atoms with van der Waals surface area (Å²) < 4.78 is 0. The van der Waals surface area contributed by atoms with E-state index in [9.17, 15) is 9.59 Å². The molecule has 0 aliphatic carbocycles. The average molecular weight is 299 g/mol. The van der Waals surface area contributed by atoms with Gasteiger partial charge < -0.3 is 15.3 Å². The smallest absolute Gasteiger partial charge is 0.303 e. The topological polar surface area (TPSA) is 69.6 Å². The molecule has 0 atom stereocenters. The molecule has 0 aliphatic rings. The van der Waals surface area contributed by atoms with Crippen molar-refractivity contribution in [3.63, 3.8) is 0 Å². The zero-order chi connectivity index (χ0) is 15.1. The first kappa shape index (κ1) is 16.3. The van der Waals surface area contributed by atoms with Crippen molar-refractivity contribution in [1.82, 2.24) is 0 Å². The van der Waals surface area contributed by atoms with Crippen molar-refractivity contribution in [1.29, 1.82) is 0 Å². The Hall–Kier alpha value is -1.75. The Morgan fingerprint density at radius 3 is 2.50 bits per heavy atom. The van der Waals surface area contributed by atoms with Gasteiger partial charge in [-0.3, -0.25) is 9.59 Å². The molecule has 20 heavy (non-hydrogen) atoms. The number of rotatable bonds is 7. The second-order valence-electron chi connectivity index (χ2n) is 4.68. The summed E-state index contributed by atoms with van der Waals surface area (Å²) in [6.07, 6.45) is 1.44. The molecule has 1 amide bonds. The number of nitrogens with one attached hydrogen (secondary N) is 1. The van der Waals surface area contributed by atoms with Crippen LogP contribution in [0.3, 0.4) is 0 Å². The molecule has 6 heteroatoms. The Bertz CT molecular complexity index is 489. The van der Waals surface area contributed by atoms with Gasteiger partial charge in [0.05, 0.1) is 16.4 Å². The van der Waals surface area contributed by atoms with E-state index in [2.05, 4.69) is 5.32 Å². The van der Waals surface area contributed by atoms with Crippen molar-refractivity contribution < 1.29 is 14.7 Å². The minimum absolute atomic E-state index is 0.0907. The lowest BCUT2D eigenvalue weighted by molar-refractivity contribution is -0.137. The summed E-state index contributed by atoms with van der Waals surface area (Å²) in [4.78, 5) is 24.0. The number of carbonyl (C=O) groups is 2. The highest BCUT2D eigenvalue weighted by atomic mass is 35.5. The van der Waals surface area contributed by atoms with Gasteiger partial charge in [-0.2, -0.15) is 0 Å². The van der Waals surface area contributed by atoms with E-state index in [1.807, 2.05) is 19.0 Å². The summed E-state index contributed by atoms with van der Waals surface area (Å²) in [5, 5.41) is 11.9. The number of nitrogens with zero attached hydrogens (tertiary/aromatic N) is 1. The summed E-state index contributed by atoms with van der Waals surface area (Å²) in [6, 6.07) is 5.32. The maximum atomic E-state index is 11.8. The fraction of sp³-hybridized carbons (Fsp3) is 0.429. The molecule has 110 valence electrons. The minimum Gasteiger partial charge on any atom is -0.481 e. The van der Waals surface area contributed by atoms with E-state index in [0.29, 0.717) is 30.0 Å². The molecule has 1 aromatic rings. The number of aliphatic carboxylic acids is 1. The van der Waals surface area contributed by atoms with Crippen molar-refractivity contribution in [3.05, 3.63) is 23.2 Å². The van der Waals surface area contributed by atoms with Gasteiger partial charge in [-0.15, -0.1) is 0 Å². The van der Waals surface area contributed by atoms with Gasteiger partial charge in [-0.05, 0) is 25.0 Å². The van der Waals surface area contributed by atoms with Crippen LogP contribution in [0.2, 0.25) is 5.02 Å². The molecule has 0 saturated heterocycles. The number of amides is 1. The second-order valence-corrected chi connectivity index (χ2v) is 5.09. The van der Waals surface area contributed by atoms with Crippen LogP contribution in [0.5, 0.6) is 0 Å². The van der Waals surface area contributed by atoms with Crippen molar-refractivity contribution in [2.75, 3.05) is 24.3 Å². The zero-order valence-corrected chi connectivity index (χ0v) is 12.4. The number of carbonyl (C=O) groups excluding carboxylic acids is 1. The van der Waals surface area contributed by atoms with Crippen LogP contribution in [0.4, 0.5) is 11.4 Å². The Kier molecular flexibility index (Phi) is 6.31. The predicted octanol–water partition coefficient (Wildman–Crippen LogP) is 2.99.